The van der Waals surface area contributed by atoms with E-state index in [1.54, 1.807) is 0 Å². The zero-order chi connectivity index (χ0) is 13.9. The summed E-state index contributed by atoms with van der Waals surface area (Å²) in [5, 5.41) is 9.18. The molecule has 2 aliphatic rings. The van der Waals surface area contributed by atoms with Gasteiger partial charge >= 0.3 is 5.97 Å². The first-order valence-electron chi connectivity index (χ1n) is 7.48. The molecule has 0 aromatic carbocycles. The summed E-state index contributed by atoms with van der Waals surface area (Å²) in [7, 11) is 0. The second kappa shape index (κ2) is 5.87. The lowest BCUT2D eigenvalue weighted by Gasteiger charge is -2.41. The van der Waals surface area contributed by atoms with Crippen LogP contribution in [0, 0.1) is 11.8 Å². The number of rotatable bonds is 3. The molecule has 0 radical (unpaired) electrons. The largest absolute Gasteiger partial charge is 0.478 e. The van der Waals surface area contributed by atoms with E-state index in [2.05, 4.69) is 14.9 Å². The maximum atomic E-state index is 11.2. The van der Waals surface area contributed by atoms with E-state index < -0.39 is 5.97 Å². The first-order chi connectivity index (χ1) is 9.74. The predicted molar refractivity (Wildman–Crippen MR) is 74.3 cm³/mol. The van der Waals surface area contributed by atoms with Gasteiger partial charge in [0.25, 0.3) is 0 Å². The van der Waals surface area contributed by atoms with E-state index in [0.29, 0.717) is 12.2 Å². The second-order valence-corrected chi connectivity index (χ2v) is 6.02. The second-order valence-electron chi connectivity index (χ2n) is 6.02. The standard InChI is InChI=1S/C15H21N3O2/c19-15(20)13-7-16-10-17-14(13)9-18-6-5-11-3-1-2-4-12(11)8-18/h7,10-12H,1-6,8-9H2,(H,19,20). The summed E-state index contributed by atoms with van der Waals surface area (Å²) in [5.41, 5.74) is 0.875. The maximum absolute atomic E-state index is 11.2. The molecular formula is C15H21N3O2. The SMILES string of the molecule is O=C(O)c1cncnc1CN1CCC2CCCCC2C1. The van der Waals surface area contributed by atoms with E-state index in [9.17, 15) is 9.90 Å². The third-order valence-electron chi connectivity index (χ3n) is 4.77. The van der Waals surface area contributed by atoms with Crippen molar-refractivity contribution in [1.82, 2.24) is 14.9 Å². The molecule has 1 N–H and O–H groups in total. The summed E-state index contributed by atoms with van der Waals surface area (Å²) >= 11 is 0. The molecule has 1 aliphatic carbocycles. The van der Waals surface area contributed by atoms with E-state index in [0.717, 1.165) is 24.9 Å². The van der Waals surface area contributed by atoms with Crippen molar-refractivity contribution in [3.63, 3.8) is 0 Å². The zero-order valence-corrected chi connectivity index (χ0v) is 11.7. The van der Waals surface area contributed by atoms with Crippen molar-refractivity contribution in [3.8, 4) is 0 Å². The third-order valence-corrected chi connectivity index (χ3v) is 4.77. The smallest absolute Gasteiger partial charge is 0.339 e. The van der Waals surface area contributed by atoms with Crippen LogP contribution in [0.1, 0.15) is 48.2 Å². The number of piperidine rings is 1. The van der Waals surface area contributed by atoms with E-state index in [-0.39, 0.29) is 5.56 Å². The number of nitrogens with zero attached hydrogens (tertiary/aromatic N) is 3. The Kier molecular flexibility index (Phi) is 3.96. The number of carboxylic acid groups (broad SMARTS) is 1. The number of carbonyl (C=O) groups is 1. The predicted octanol–water partition coefficient (Wildman–Crippen LogP) is 2.19. The van der Waals surface area contributed by atoms with Crippen LogP contribution in [-0.4, -0.2) is 39.0 Å². The van der Waals surface area contributed by atoms with Crippen molar-refractivity contribution in [2.45, 2.75) is 38.6 Å². The van der Waals surface area contributed by atoms with Gasteiger partial charge in [0.2, 0.25) is 0 Å². The molecule has 2 fully saturated rings. The number of hydrogen-bond donors (Lipinski definition) is 1. The van der Waals surface area contributed by atoms with Crippen LogP contribution >= 0.6 is 0 Å². The Morgan fingerprint density at radius 3 is 2.90 bits per heavy atom. The first kappa shape index (κ1) is 13.5. The summed E-state index contributed by atoms with van der Waals surface area (Å²) < 4.78 is 0. The fraction of sp³-hybridized carbons (Fsp3) is 0.667. The zero-order valence-electron chi connectivity index (χ0n) is 11.7. The van der Waals surface area contributed by atoms with Crippen molar-refractivity contribution in [1.29, 1.82) is 0 Å². The lowest BCUT2D eigenvalue weighted by atomic mass is 9.75. The fourth-order valence-corrected chi connectivity index (χ4v) is 3.69. The molecular weight excluding hydrogens is 254 g/mol. The van der Waals surface area contributed by atoms with Crippen molar-refractivity contribution in [2.24, 2.45) is 11.8 Å². The van der Waals surface area contributed by atoms with E-state index >= 15 is 0 Å². The first-order valence-corrected chi connectivity index (χ1v) is 7.48. The van der Waals surface area contributed by atoms with Gasteiger partial charge in [-0.15, -0.1) is 0 Å². The molecule has 2 atom stereocenters. The quantitative estimate of drug-likeness (QED) is 0.916. The fourth-order valence-electron chi connectivity index (χ4n) is 3.69. The van der Waals surface area contributed by atoms with Crippen LogP contribution in [0.15, 0.2) is 12.5 Å². The Bertz CT molecular complexity index is 492. The van der Waals surface area contributed by atoms with Gasteiger partial charge in [-0.25, -0.2) is 14.8 Å². The van der Waals surface area contributed by atoms with Crippen molar-refractivity contribution in [3.05, 3.63) is 23.8 Å². The van der Waals surface area contributed by atoms with Gasteiger partial charge in [-0.05, 0) is 31.2 Å². The summed E-state index contributed by atoms with van der Waals surface area (Å²) in [5.74, 6) is 0.755. The average Bonchev–Trinajstić information content (AvgIpc) is 2.47. The Morgan fingerprint density at radius 1 is 1.30 bits per heavy atom. The lowest BCUT2D eigenvalue weighted by Crippen LogP contribution is -2.41. The number of aromatic nitrogens is 2. The topological polar surface area (TPSA) is 66.3 Å². The van der Waals surface area contributed by atoms with Crippen molar-refractivity contribution < 1.29 is 9.90 Å². The normalized spacial score (nSPS) is 27.0. The molecule has 3 rings (SSSR count). The molecule has 1 saturated carbocycles. The molecule has 1 aliphatic heterocycles. The highest BCUT2D eigenvalue weighted by atomic mass is 16.4. The number of likely N-dealkylation sites (tertiary alicyclic amines) is 1. The highest BCUT2D eigenvalue weighted by Crippen LogP contribution is 2.36. The Balaban J connectivity index is 1.68. The molecule has 0 amide bonds. The Morgan fingerprint density at radius 2 is 2.10 bits per heavy atom. The van der Waals surface area contributed by atoms with Crippen LogP contribution in [-0.2, 0) is 6.54 Å². The number of hydrogen-bond acceptors (Lipinski definition) is 4. The molecule has 0 spiro atoms. The Labute approximate surface area is 119 Å². The maximum Gasteiger partial charge on any atom is 0.339 e. The molecule has 20 heavy (non-hydrogen) atoms. The van der Waals surface area contributed by atoms with Crippen molar-refractivity contribution in [2.75, 3.05) is 13.1 Å². The molecule has 2 unspecified atom stereocenters. The molecule has 0 bridgehead atoms. The molecule has 1 aromatic heterocycles. The van der Waals surface area contributed by atoms with Gasteiger partial charge < -0.3 is 5.11 Å². The van der Waals surface area contributed by atoms with E-state index in [4.69, 9.17) is 0 Å². The van der Waals surface area contributed by atoms with Gasteiger partial charge in [-0.1, -0.05) is 19.3 Å². The van der Waals surface area contributed by atoms with Gasteiger partial charge in [0.05, 0.1) is 5.69 Å². The van der Waals surface area contributed by atoms with Crippen LogP contribution in [0.5, 0.6) is 0 Å². The molecule has 2 heterocycles. The van der Waals surface area contributed by atoms with Gasteiger partial charge in [0, 0.05) is 19.3 Å². The molecule has 108 valence electrons. The number of fused-ring (bicyclic) bond motifs is 1. The number of aromatic carboxylic acids is 1. The van der Waals surface area contributed by atoms with Gasteiger partial charge in [-0.2, -0.15) is 0 Å². The van der Waals surface area contributed by atoms with Crippen LogP contribution in [0.4, 0.5) is 0 Å². The highest BCUT2D eigenvalue weighted by molar-refractivity contribution is 5.88. The van der Waals surface area contributed by atoms with Gasteiger partial charge in [0.15, 0.2) is 0 Å². The van der Waals surface area contributed by atoms with Crippen LogP contribution < -0.4 is 0 Å². The minimum Gasteiger partial charge on any atom is -0.478 e. The average molecular weight is 275 g/mol. The minimum absolute atomic E-state index is 0.235. The summed E-state index contributed by atoms with van der Waals surface area (Å²) in [6.45, 7) is 2.78. The highest BCUT2D eigenvalue weighted by Gasteiger charge is 2.31. The third kappa shape index (κ3) is 2.82. The lowest BCUT2D eigenvalue weighted by molar-refractivity contribution is 0.0681. The van der Waals surface area contributed by atoms with Gasteiger partial charge in [-0.3, -0.25) is 4.90 Å². The molecule has 5 heteroatoms. The summed E-state index contributed by atoms with van der Waals surface area (Å²) in [6, 6.07) is 0. The van der Waals surface area contributed by atoms with E-state index in [1.165, 1.54) is 44.6 Å². The molecule has 5 nitrogen and oxygen atoms in total. The van der Waals surface area contributed by atoms with Crippen LogP contribution in [0.2, 0.25) is 0 Å². The number of carboxylic acids is 1. The van der Waals surface area contributed by atoms with E-state index in [1.807, 2.05) is 0 Å². The monoisotopic (exact) mass is 275 g/mol. The minimum atomic E-state index is -0.937. The molecule has 1 saturated heterocycles. The summed E-state index contributed by atoms with van der Waals surface area (Å²) in [6.07, 6.45) is 9.54. The molecule has 1 aromatic rings. The Hall–Kier alpha value is -1.49. The van der Waals surface area contributed by atoms with Crippen molar-refractivity contribution >= 4 is 5.97 Å². The van der Waals surface area contributed by atoms with Crippen LogP contribution in [0.3, 0.4) is 0 Å². The van der Waals surface area contributed by atoms with Gasteiger partial charge in [0.1, 0.15) is 11.9 Å². The van der Waals surface area contributed by atoms with Crippen LogP contribution in [0.25, 0.3) is 0 Å². The summed E-state index contributed by atoms with van der Waals surface area (Å²) in [4.78, 5) is 21.5.